The second-order valence-electron chi connectivity index (χ2n) is 4.58. The summed E-state index contributed by atoms with van der Waals surface area (Å²) in [6.07, 6.45) is 2.37. The summed E-state index contributed by atoms with van der Waals surface area (Å²) in [6.45, 7) is 3.94. The van der Waals surface area contributed by atoms with Crippen molar-refractivity contribution in [2.24, 2.45) is 0 Å². The summed E-state index contributed by atoms with van der Waals surface area (Å²) in [5, 5.41) is 3.61. The van der Waals surface area contributed by atoms with E-state index in [1.807, 2.05) is 12.1 Å². The lowest BCUT2D eigenvalue weighted by Gasteiger charge is -2.27. The van der Waals surface area contributed by atoms with Gasteiger partial charge in [0.2, 0.25) is 0 Å². The van der Waals surface area contributed by atoms with Crippen LogP contribution < -0.4 is 10.1 Å². The van der Waals surface area contributed by atoms with E-state index in [0.717, 1.165) is 25.4 Å². The summed E-state index contributed by atoms with van der Waals surface area (Å²) < 4.78 is 10.6. The van der Waals surface area contributed by atoms with Crippen molar-refractivity contribution in [2.75, 3.05) is 20.3 Å². The van der Waals surface area contributed by atoms with Crippen molar-refractivity contribution in [3.05, 3.63) is 29.8 Å². The van der Waals surface area contributed by atoms with Gasteiger partial charge < -0.3 is 14.8 Å². The molecule has 1 fully saturated rings. The quantitative estimate of drug-likeness (QED) is 0.870. The van der Waals surface area contributed by atoms with Crippen LogP contribution >= 0.6 is 0 Å². The Morgan fingerprint density at radius 3 is 2.71 bits per heavy atom. The molecule has 0 spiro atoms. The van der Waals surface area contributed by atoms with Gasteiger partial charge in [0.1, 0.15) is 5.75 Å². The molecule has 0 aromatic heterocycles. The van der Waals surface area contributed by atoms with E-state index in [0.29, 0.717) is 12.1 Å². The van der Waals surface area contributed by atoms with E-state index in [-0.39, 0.29) is 0 Å². The molecule has 1 saturated heterocycles. The Kier molecular flexibility index (Phi) is 4.40. The fourth-order valence-corrected chi connectivity index (χ4v) is 2.21. The second-order valence-corrected chi connectivity index (χ2v) is 4.58. The Hall–Kier alpha value is -1.06. The third kappa shape index (κ3) is 3.45. The lowest BCUT2D eigenvalue weighted by atomic mass is 10.0. The molecule has 0 saturated carbocycles. The highest BCUT2D eigenvalue weighted by Gasteiger charge is 2.16. The first kappa shape index (κ1) is 12.4. The monoisotopic (exact) mass is 235 g/mol. The minimum atomic E-state index is 0.354. The van der Waals surface area contributed by atoms with Crippen molar-refractivity contribution in [2.45, 2.75) is 31.8 Å². The molecule has 1 aromatic carbocycles. The van der Waals surface area contributed by atoms with Crippen LogP contribution in [0.2, 0.25) is 0 Å². The average molecular weight is 235 g/mol. The van der Waals surface area contributed by atoms with E-state index in [9.17, 15) is 0 Å². The zero-order chi connectivity index (χ0) is 12.1. The van der Waals surface area contributed by atoms with Crippen LogP contribution in [0, 0.1) is 0 Å². The molecule has 2 rings (SSSR count). The number of benzene rings is 1. The summed E-state index contributed by atoms with van der Waals surface area (Å²) in [5.74, 6) is 0.905. The van der Waals surface area contributed by atoms with Gasteiger partial charge in [0, 0.05) is 18.7 Å². The maximum Gasteiger partial charge on any atom is 0.118 e. The maximum atomic E-state index is 5.47. The van der Waals surface area contributed by atoms with E-state index in [4.69, 9.17) is 9.47 Å². The highest BCUT2D eigenvalue weighted by Crippen LogP contribution is 2.19. The van der Waals surface area contributed by atoms with Crippen LogP contribution in [0.3, 0.4) is 0 Å². The maximum absolute atomic E-state index is 5.47. The van der Waals surface area contributed by atoms with Crippen LogP contribution in [0.4, 0.5) is 0 Å². The summed E-state index contributed by atoms with van der Waals surface area (Å²) >= 11 is 0. The molecule has 3 nitrogen and oxygen atoms in total. The van der Waals surface area contributed by atoms with E-state index >= 15 is 0 Å². The standard InChI is InChI=1S/C14H21NO2/c1-11(15-13-4-3-9-17-10-13)12-5-7-14(16-2)8-6-12/h5-8,11,13,15H,3-4,9-10H2,1-2H3/t11-,13?/m0/s1. The first-order valence-corrected chi connectivity index (χ1v) is 6.27. The first-order valence-electron chi connectivity index (χ1n) is 6.27. The van der Waals surface area contributed by atoms with Crippen LogP contribution in [0.25, 0.3) is 0 Å². The van der Waals surface area contributed by atoms with Crippen LogP contribution in [0.15, 0.2) is 24.3 Å². The lowest BCUT2D eigenvalue weighted by molar-refractivity contribution is 0.0671. The molecule has 0 bridgehead atoms. The third-order valence-electron chi connectivity index (χ3n) is 3.26. The van der Waals surface area contributed by atoms with Gasteiger partial charge >= 0.3 is 0 Å². The van der Waals surface area contributed by atoms with Crippen LogP contribution in [-0.4, -0.2) is 26.4 Å². The van der Waals surface area contributed by atoms with Crippen LogP contribution in [-0.2, 0) is 4.74 Å². The molecule has 1 heterocycles. The Balaban J connectivity index is 1.91. The van der Waals surface area contributed by atoms with Gasteiger partial charge in [0.15, 0.2) is 0 Å². The molecule has 94 valence electrons. The number of ether oxygens (including phenoxy) is 2. The second kappa shape index (κ2) is 6.03. The highest BCUT2D eigenvalue weighted by atomic mass is 16.5. The molecule has 2 atom stereocenters. The van der Waals surface area contributed by atoms with Crippen molar-refractivity contribution in [3.63, 3.8) is 0 Å². The summed E-state index contributed by atoms with van der Waals surface area (Å²) in [4.78, 5) is 0. The molecule has 17 heavy (non-hydrogen) atoms. The van der Waals surface area contributed by atoms with Gasteiger partial charge in [-0.3, -0.25) is 0 Å². The van der Waals surface area contributed by atoms with Gasteiger partial charge in [-0.2, -0.15) is 0 Å². The van der Waals surface area contributed by atoms with Gasteiger partial charge in [-0.25, -0.2) is 0 Å². The molecule has 1 aliphatic rings. The molecule has 0 aliphatic carbocycles. The minimum Gasteiger partial charge on any atom is -0.497 e. The van der Waals surface area contributed by atoms with Gasteiger partial charge in [-0.05, 0) is 37.5 Å². The Morgan fingerprint density at radius 1 is 1.35 bits per heavy atom. The smallest absolute Gasteiger partial charge is 0.118 e. The number of nitrogens with one attached hydrogen (secondary N) is 1. The predicted octanol–water partition coefficient (Wildman–Crippen LogP) is 2.52. The molecule has 1 aromatic rings. The fraction of sp³-hybridized carbons (Fsp3) is 0.571. The van der Waals surface area contributed by atoms with Crippen molar-refractivity contribution < 1.29 is 9.47 Å². The van der Waals surface area contributed by atoms with E-state index < -0.39 is 0 Å². The predicted molar refractivity (Wildman–Crippen MR) is 68.4 cm³/mol. The summed E-state index contributed by atoms with van der Waals surface area (Å²) in [5.41, 5.74) is 1.29. The number of hydrogen-bond donors (Lipinski definition) is 1. The van der Waals surface area contributed by atoms with Crippen LogP contribution in [0.5, 0.6) is 5.75 Å². The van der Waals surface area contributed by atoms with Crippen LogP contribution in [0.1, 0.15) is 31.4 Å². The minimum absolute atomic E-state index is 0.354. The molecule has 1 N–H and O–H groups in total. The Bertz CT molecular complexity index is 331. The average Bonchev–Trinajstić information content (AvgIpc) is 2.40. The van der Waals surface area contributed by atoms with Gasteiger partial charge in [-0.15, -0.1) is 0 Å². The molecule has 0 amide bonds. The highest BCUT2D eigenvalue weighted by molar-refractivity contribution is 5.28. The Morgan fingerprint density at radius 2 is 2.12 bits per heavy atom. The first-order chi connectivity index (χ1) is 8.29. The van der Waals surface area contributed by atoms with Crippen molar-refractivity contribution in [1.29, 1.82) is 0 Å². The van der Waals surface area contributed by atoms with Crippen molar-refractivity contribution in [3.8, 4) is 5.75 Å². The van der Waals surface area contributed by atoms with E-state index in [2.05, 4.69) is 24.4 Å². The molecular weight excluding hydrogens is 214 g/mol. The molecular formula is C14H21NO2. The SMILES string of the molecule is COc1ccc([C@H](C)NC2CCCOC2)cc1. The zero-order valence-electron chi connectivity index (χ0n) is 10.6. The molecule has 3 heteroatoms. The zero-order valence-corrected chi connectivity index (χ0v) is 10.6. The van der Waals surface area contributed by atoms with Gasteiger partial charge in [0.05, 0.1) is 13.7 Å². The largest absolute Gasteiger partial charge is 0.497 e. The van der Waals surface area contributed by atoms with Gasteiger partial charge in [-0.1, -0.05) is 12.1 Å². The van der Waals surface area contributed by atoms with Gasteiger partial charge in [0.25, 0.3) is 0 Å². The lowest BCUT2D eigenvalue weighted by Crippen LogP contribution is -2.38. The molecule has 0 radical (unpaired) electrons. The van der Waals surface area contributed by atoms with E-state index in [1.165, 1.54) is 12.0 Å². The topological polar surface area (TPSA) is 30.5 Å². The fourth-order valence-electron chi connectivity index (χ4n) is 2.21. The van der Waals surface area contributed by atoms with Crippen molar-refractivity contribution in [1.82, 2.24) is 5.32 Å². The molecule has 1 unspecified atom stereocenters. The number of hydrogen-bond acceptors (Lipinski definition) is 3. The number of rotatable bonds is 4. The Labute approximate surface area is 103 Å². The van der Waals surface area contributed by atoms with E-state index in [1.54, 1.807) is 7.11 Å². The summed E-state index contributed by atoms with van der Waals surface area (Å²) in [6, 6.07) is 9.07. The number of methoxy groups -OCH3 is 1. The normalized spacial score (nSPS) is 22.1. The van der Waals surface area contributed by atoms with Crippen molar-refractivity contribution >= 4 is 0 Å². The molecule has 1 aliphatic heterocycles. The third-order valence-corrected chi connectivity index (χ3v) is 3.26. The summed E-state index contributed by atoms with van der Waals surface area (Å²) in [7, 11) is 1.69.